The second kappa shape index (κ2) is 7.13. The van der Waals surface area contributed by atoms with Gasteiger partial charge in [-0.15, -0.1) is 0 Å². The minimum atomic E-state index is -0.929. The molecule has 7 heteroatoms. The van der Waals surface area contributed by atoms with Crippen LogP contribution in [0.3, 0.4) is 0 Å². The van der Waals surface area contributed by atoms with Gasteiger partial charge in [-0.1, -0.05) is 18.2 Å². The molecule has 2 rings (SSSR count). The van der Waals surface area contributed by atoms with E-state index in [1.165, 1.54) is 19.1 Å². The standard InChI is InChI=1S/C18H24N2O5/c1-18(2,3)25-17(23)20(4)14(16(22)24-5)10-12-11-8-6-7-9-13(11)19-15(12)21/h6-9,12,14H,10H2,1-5H3,(H,19,21)/t12-,14+/m1/s1. The predicted molar refractivity (Wildman–Crippen MR) is 92.2 cm³/mol. The minimum absolute atomic E-state index is 0.116. The van der Waals surface area contributed by atoms with Gasteiger partial charge < -0.3 is 14.8 Å². The lowest BCUT2D eigenvalue weighted by molar-refractivity contribution is -0.146. The zero-order chi connectivity index (χ0) is 18.8. The number of fused-ring (bicyclic) bond motifs is 1. The summed E-state index contributed by atoms with van der Waals surface area (Å²) in [5.41, 5.74) is 0.837. The highest BCUT2D eigenvalue weighted by molar-refractivity contribution is 6.03. The third kappa shape index (κ3) is 4.29. The van der Waals surface area contributed by atoms with Gasteiger partial charge in [-0.25, -0.2) is 9.59 Å². The van der Waals surface area contributed by atoms with Gasteiger partial charge in [-0.3, -0.25) is 9.69 Å². The molecule has 1 aliphatic rings. The van der Waals surface area contributed by atoms with Crippen molar-refractivity contribution in [3.05, 3.63) is 29.8 Å². The highest BCUT2D eigenvalue weighted by Gasteiger charge is 2.38. The molecule has 1 N–H and O–H groups in total. The van der Waals surface area contributed by atoms with E-state index in [0.717, 1.165) is 11.3 Å². The highest BCUT2D eigenvalue weighted by atomic mass is 16.6. The molecule has 0 saturated carbocycles. The highest BCUT2D eigenvalue weighted by Crippen LogP contribution is 2.36. The van der Waals surface area contributed by atoms with E-state index in [4.69, 9.17) is 9.47 Å². The van der Waals surface area contributed by atoms with E-state index in [1.54, 1.807) is 26.8 Å². The maximum atomic E-state index is 12.3. The Balaban J connectivity index is 2.23. The predicted octanol–water partition coefficient (Wildman–Crippen LogP) is 2.52. The largest absolute Gasteiger partial charge is 0.467 e. The van der Waals surface area contributed by atoms with Crippen molar-refractivity contribution >= 4 is 23.7 Å². The summed E-state index contributed by atoms with van der Waals surface area (Å²) in [6, 6.07) is 6.36. The van der Waals surface area contributed by atoms with E-state index in [-0.39, 0.29) is 12.3 Å². The molecular weight excluding hydrogens is 324 g/mol. The molecule has 136 valence electrons. The molecule has 25 heavy (non-hydrogen) atoms. The molecule has 0 unspecified atom stereocenters. The van der Waals surface area contributed by atoms with Gasteiger partial charge in [-0.2, -0.15) is 0 Å². The zero-order valence-electron chi connectivity index (χ0n) is 15.2. The first-order valence-corrected chi connectivity index (χ1v) is 8.07. The molecule has 0 aliphatic carbocycles. The average Bonchev–Trinajstić information content (AvgIpc) is 2.85. The maximum absolute atomic E-state index is 12.3. The summed E-state index contributed by atoms with van der Waals surface area (Å²) in [5, 5.41) is 2.79. The Morgan fingerprint density at radius 3 is 2.52 bits per heavy atom. The van der Waals surface area contributed by atoms with E-state index < -0.39 is 29.6 Å². The monoisotopic (exact) mass is 348 g/mol. The number of nitrogens with zero attached hydrogens (tertiary/aromatic N) is 1. The van der Waals surface area contributed by atoms with Gasteiger partial charge in [0.25, 0.3) is 0 Å². The van der Waals surface area contributed by atoms with Gasteiger partial charge in [0.2, 0.25) is 5.91 Å². The van der Waals surface area contributed by atoms with E-state index in [9.17, 15) is 14.4 Å². The summed E-state index contributed by atoms with van der Waals surface area (Å²) < 4.78 is 10.1. The number of hydrogen-bond acceptors (Lipinski definition) is 5. The number of amides is 2. The fourth-order valence-electron chi connectivity index (χ4n) is 2.74. The molecule has 0 radical (unpaired) electrons. The van der Waals surface area contributed by atoms with Crippen molar-refractivity contribution in [2.24, 2.45) is 0 Å². The van der Waals surface area contributed by atoms with Gasteiger partial charge in [0.05, 0.1) is 13.0 Å². The van der Waals surface area contributed by atoms with Gasteiger partial charge in [-0.05, 0) is 38.8 Å². The van der Waals surface area contributed by atoms with Gasteiger partial charge in [0.1, 0.15) is 11.6 Å². The smallest absolute Gasteiger partial charge is 0.410 e. The van der Waals surface area contributed by atoms with Crippen molar-refractivity contribution in [1.29, 1.82) is 0 Å². The Bertz CT molecular complexity index is 680. The molecule has 7 nitrogen and oxygen atoms in total. The summed E-state index contributed by atoms with van der Waals surface area (Å²) in [6.45, 7) is 5.23. The van der Waals surface area contributed by atoms with Gasteiger partial charge in [0.15, 0.2) is 0 Å². The van der Waals surface area contributed by atoms with Crippen LogP contribution < -0.4 is 5.32 Å². The number of likely N-dealkylation sites (N-methyl/N-ethyl adjacent to an activating group) is 1. The second-order valence-electron chi connectivity index (χ2n) is 6.99. The first-order valence-electron chi connectivity index (χ1n) is 8.07. The number of benzene rings is 1. The molecule has 0 saturated heterocycles. The number of para-hydroxylation sites is 1. The van der Waals surface area contributed by atoms with Crippen LogP contribution in [0.2, 0.25) is 0 Å². The summed E-state index contributed by atoms with van der Waals surface area (Å²) in [6.07, 6.45) is -0.528. The topological polar surface area (TPSA) is 84.9 Å². The molecular formula is C18H24N2O5. The maximum Gasteiger partial charge on any atom is 0.410 e. The zero-order valence-corrected chi connectivity index (χ0v) is 15.2. The first kappa shape index (κ1) is 18.8. The fourth-order valence-corrected chi connectivity index (χ4v) is 2.74. The Morgan fingerprint density at radius 2 is 1.92 bits per heavy atom. The van der Waals surface area contributed by atoms with Crippen molar-refractivity contribution in [1.82, 2.24) is 4.90 Å². The number of esters is 1. The molecule has 0 spiro atoms. The summed E-state index contributed by atoms with van der Waals surface area (Å²) in [4.78, 5) is 38.0. The molecule has 1 aromatic rings. The van der Waals surface area contributed by atoms with E-state index >= 15 is 0 Å². The summed E-state index contributed by atoms with van der Waals surface area (Å²) >= 11 is 0. The van der Waals surface area contributed by atoms with Crippen LogP contribution in [0.5, 0.6) is 0 Å². The Hall–Kier alpha value is -2.57. The molecule has 1 aromatic carbocycles. The van der Waals surface area contributed by atoms with Crippen LogP contribution >= 0.6 is 0 Å². The molecule has 2 atom stereocenters. The Labute approximate surface area is 147 Å². The normalized spacial score (nSPS) is 17.3. The number of anilines is 1. The number of ether oxygens (including phenoxy) is 2. The lowest BCUT2D eigenvalue weighted by atomic mass is 9.93. The number of hydrogen-bond donors (Lipinski definition) is 1. The van der Waals surface area contributed by atoms with E-state index in [1.807, 2.05) is 18.2 Å². The van der Waals surface area contributed by atoms with Crippen LogP contribution in [0.15, 0.2) is 24.3 Å². The number of carbonyl (C=O) groups excluding carboxylic acids is 3. The Kier molecular flexibility index (Phi) is 5.35. The van der Waals surface area contributed by atoms with Crippen LogP contribution in [0.1, 0.15) is 38.7 Å². The van der Waals surface area contributed by atoms with Crippen LogP contribution in [0.25, 0.3) is 0 Å². The third-order valence-corrected chi connectivity index (χ3v) is 3.99. The molecule has 1 heterocycles. The number of methoxy groups -OCH3 is 1. The Morgan fingerprint density at radius 1 is 1.28 bits per heavy atom. The molecule has 0 bridgehead atoms. The average molecular weight is 348 g/mol. The van der Waals surface area contributed by atoms with E-state index in [2.05, 4.69) is 5.32 Å². The first-order chi connectivity index (χ1) is 11.6. The molecule has 0 aromatic heterocycles. The van der Waals surface area contributed by atoms with Crippen molar-refractivity contribution < 1.29 is 23.9 Å². The fraction of sp³-hybridized carbons (Fsp3) is 0.500. The second-order valence-corrected chi connectivity index (χ2v) is 6.99. The van der Waals surface area contributed by atoms with E-state index in [0.29, 0.717) is 0 Å². The van der Waals surface area contributed by atoms with Crippen molar-refractivity contribution in [3.63, 3.8) is 0 Å². The lowest BCUT2D eigenvalue weighted by Crippen LogP contribution is -2.46. The van der Waals surface area contributed by atoms with Crippen molar-refractivity contribution in [2.45, 2.75) is 44.8 Å². The van der Waals surface area contributed by atoms with Gasteiger partial charge in [0, 0.05) is 12.7 Å². The van der Waals surface area contributed by atoms with Crippen LogP contribution in [-0.4, -0.2) is 48.7 Å². The number of nitrogens with one attached hydrogen (secondary N) is 1. The quantitative estimate of drug-likeness (QED) is 0.845. The number of carbonyl (C=O) groups is 3. The minimum Gasteiger partial charge on any atom is -0.467 e. The van der Waals surface area contributed by atoms with Crippen LogP contribution in [-0.2, 0) is 19.1 Å². The van der Waals surface area contributed by atoms with Crippen molar-refractivity contribution in [3.8, 4) is 0 Å². The van der Waals surface area contributed by atoms with Gasteiger partial charge >= 0.3 is 12.1 Å². The molecule has 2 amide bonds. The third-order valence-electron chi connectivity index (χ3n) is 3.99. The van der Waals surface area contributed by atoms with Crippen molar-refractivity contribution in [2.75, 3.05) is 19.5 Å². The number of rotatable bonds is 4. The SMILES string of the molecule is COC(=O)[C@H](C[C@H]1C(=O)Nc2ccccc21)N(C)C(=O)OC(C)(C)C. The summed E-state index contributed by atoms with van der Waals surface area (Å²) in [7, 11) is 2.72. The summed E-state index contributed by atoms with van der Waals surface area (Å²) in [5.74, 6) is -1.33. The van der Waals surface area contributed by atoms with Crippen LogP contribution in [0.4, 0.5) is 10.5 Å². The van der Waals surface area contributed by atoms with Crippen LogP contribution in [0, 0.1) is 0 Å². The molecule has 0 fully saturated rings. The molecule has 1 aliphatic heterocycles. The lowest BCUT2D eigenvalue weighted by Gasteiger charge is -2.30.